The number of esters is 1. The van der Waals surface area contributed by atoms with Crippen molar-refractivity contribution in [1.29, 1.82) is 0 Å². The lowest BCUT2D eigenvalue weighted by Crippen LogP contribution is -2.28. The van der Waals surface area contributed by atoms with Gasteiger partial charge in [0.25, 0.3) is 0 Å². The second kappa shape index (κ2) is 6.60. The van der Waals surface area contributed by atoms with E-state index in [0.29, 0.717) is 12.8 Å². The minimum atomic E-state index is -0.179. The van der Waals surface area contributed by atoms with Gasteiger partial charge in [-0.3, -0.25) is 4.79 Å². The van der Waals surface area contributed by atoms with Crippen molar-refractivity contribution in [2.45, 2.75) is 46.6 Å². The van der Waals surface area contributed by atoms with Crippen molar-refractivity contribution >= 4 is 5.97 Å². The molecule has 0 spiro atoms. The maximum absolute atomic E-state index is 11.1. The van der Waals surface area contributed by atoms with Crippen LogP contribution in [-0.2, 0) is 16.0 Å². The molecule has 0 radical (unpaired) electrons. The molecule has 106 valence electrons. The molecule has 0 aromatic heterocycles. The lowest BCUT2D eigenvalue weighted by atomic mass is 9.90. The van der Waals surface area contributed by atoms with E-state index < -0.39 is 0 Å². The topological polar surface area (TPSA) is 35.5 Å². The molecule has 0 N–H and O–H groups in total. The zero-order valence-corrected chi connectivity index (χ0v) is 12.5. The van der Waals surface area contributed by atoms with Crippen LogP contribution in [0.15, 0.2) is 24.3 Å². The summed E-state index contributed by atoms with van der Waals surface area (Å²) in [5.74, 6) is 0.686. The zero-order chi connectivity index (χ0) is 14.5. The van der Waals surface area contributed by atoms with Gasteiger partial charge < -0.3 is 9.47 Å². The normalized spacial score (nSPS) is 12.9. The van der Waals surface area contributed by atoms with E-state index in [2.05, 4.69) is 32.4 Å². The predicted molar refractivity (Wildman–Crippen MR) is 76.3 cm³/mol. The summed E-state index contributed by atoms with van der Waals surface area (Å²) < 4.78 is 10.5. The first kappa shape index (κ1) is 15.5. The fourth-order valence-corrected chi connectivity index (χ4v) is 1.46. The van der Waals surface area contributed by atoms with Crippen LogP contribution >= 0.6 is 0 Å². The highest BCUT2D eigenvalue weighted by molar-refractivity contribution is 5.69. The van der Waals surface area contributed by atoms with E-state index in [1.165, 1.54) is 7.11 Å². The largest absolute Gasteiger partial charge is 0.490 e. The zero-order valence-electron chi connectivity index (χ0n) is 12.5. The minimum absolute atomic E-state index is 0.115. The van der Waals surface area contributed by atoms with Gasteiger partial charge in [-0.25, -0.2) is 0 Å². The Morgan fingerprint density at radius 2 is 1.79 bits per heavy atom. The first-order valence-electron chi connectivity index (χ1n) is 6.65. The van der Waals surface area contributed by atoms with Crippen LogP contribution in [0.3, 0.4) is 0 Å². The molecule has 1 aromatic rings. The van der Waals surface area contributed by atoms with Crippen molar-refractivity contribution in [1.82, 2.24) is 0 Å². The molecule has 0 amide bonds. The van der Waals surface area contributed by atoms with Gasteiger partial charge in [-0.2, -0.15) is 0 Å². The van der Waals surface area contributed by atoms with Crippen molar-refractivity contribution < 1.29 is 14.3 Å². The van der Waals surface area contributed by atoms with Gasteiger partial charge in [-0.05, 0) is 36.5 Å². The van der Waals surface area contributed by atoms with Crippen molar-refractivity contribution in [3.8, 4) is 5.75 Å². The summed E-state index contributed by atoms with van der Waals surface area (Å²) in [6.07, 6.45) is 1.25. The number of ether oxygens (including phenoxy) is 2. The molecule has 0 bridgehead atoms. The summed E-state index contributed by atoms with van der Waals surface area (Å²) >= 11 is 0. The van der Waals surface area contributed by atoms with Crippen molar-refractivity contribution in [2.75, 3.05) is 7.11 Å². The lowest BCUT2D eigenvalue weighted by Gasteiger charge is -2.27. The Morgan fingerprint density at radius 3 is 2.26 bits per heavy atom. The van der Waals surface area contributed by atoms with Crippen molar-refractivity contribution in [2.24, 2.45) is 5.41 Å². The maximum Gasteiger partial charge on any atom is 0.305 e. The summed E-state index contributed by atoms with van der Waals surface area (Å²) in [5.41, 5.74) is 1.23. The molecule has 1 rings (SSSR count). The Morgan fingerprint density at radius 1 is 1.21 bits per heavy atom. The van der Waals surface area contributed by atoms with Crippen LogP contribution in [0, 0.1) is 5.41 Å². The van der Waals surface area contributed by atoms with Crippen LogP contribution in [0.1, 0.15) is 39.7 Å². The van der Waals surface area contributed by atoms with Crippen LogP contribution in [0.2, 0.25) is 0 Å². The van der Waals surface area contributed by atoms with Crippen LogP contribution < -0.4 is 4.74 Å². The molecule has 0 heterocycles. The molecule has 0 aliphatic carbocycles. The Kier molecular flexibility index (Phi) is 5.40. The number of hydrogen-bond acceptors (Lipinski definition) is 3. The number of methoxy groups -OCH3 is 1. The molecule has 1 atom stereocenters. The summed E-state index contributed by atoms with van der Waals surface area (Å²) in [6, 6.07) is 7.89. The molecule has 0 saturated heterocycles. The quantitative estimate of drug-likeness (QED) is 0.762. The number of hydrogen-bond donors (Lipinski definition) is 0. The third-order valence-corrected chi connectivity index (χ3v) is 3.30. The first-order chi connectivity index (χ1) is 8.82. The van der Waals surface area contributed by atoms with E-state index in [0.717, 1.165) is 11.3 Å². The monoisotopic (exact) mass is 264 g/mol. The van der Waals surface area contributed by atoms with E-state index in [1.54, 1.807) is 0 Å². The Labute approximate surface area is 115 Å². The van der Waals surface area contributed by atoms with E-state index in [9.17, 15) is 4.79 Å². The van der Waals surface area contributed by atoms with Crippen molar-refractivity contribution in [3.63, 3.8) is 0 Å². The van der Waals surface area contributed by atoms with Gasteiger partial charge in [0.15, 0.2) is 0 Å². The summed E-state index contributed by atoms with van der Waals surface area (Å²) in [7, 11) is 1.41. The van der Waals surface area contributed by atoms with E-state index in [1.807, 2.05) is 24.3 Å². The third kappa shape index (κ3) is 5.33. The first-order valence-corrected chi connectivity index (χ1v) is 6.65. The maximum atomic E-state index is 11.1. The molecule has 1 aromatic carbocycles. The third-order valence-electron chi connectivity index (χ3n) is 3.30. The fraction of sp³-hybridized carbons (Fsp3) is 0.562. The average Bonchev–Trinajstić information content (AvgIpc) is 2.36. The minimum Gasteiger partial charge on any atom is -0.490 e. The highest BCUT2D eigenvalue weighted by Crippen LogP contribution is 2.24. The van der Waals surface area contributed by atoms with E-state index >= 15 is 0 Å². The molecular formula is C16H24O3. The molecule has 19 heavy (non-hydrogen) atoms. The van der Waals surface area contributed by atoms with Crippen molar-refractivity contribution in [3.05, 3.63) is 29.8 Å². The summed E-state index contributed by atoms with van der Waals surface area (Å²) in [6.45, 7) is 8.54. The van der Waals surface area contributed by atoms with Gasteiger partial charge in [-0.15, -0.1) is 0 Å². The second-order valence-electron chi connectivity index (χ2n) is 5.85. The Bertz CT molecular complexity index is 401. The molecule has 3 nitrogen and oxygen atoms in total. The van der Waals surface area contributed by atoms with Crippen LogP contribution in [0.25, 0.3) is 0 Å². The van der Waals surface area contributed by atoms with Gasteiger partial charge in [0, 0.05) is 6.42 Å². The molecule has 0 fully saturated rings. The second-order valence-corrected chi connectivity index (χ2v) is 5.85. The Hall–Kier alpha value is -1.51. The lowest BCUT2D eigenvalue weighted by molar-refractivity contribution is -0.140. The van der Waals surface area contributed by atoms with Crippen LogP contribution in [0.5, 0.6) is 5.75 Å². The summed E-state index contributed by atoms with van der Waals surface area (Å²) in [4.78, 5) is 11.1. The fourth-order valence-electron chi connectivity index (χ4n) is 1.46. The highest BCUT2D eigenvalue weighted by atomic mass is 16.5. The van der Waals surface area contributed by atoms with Gasteiger partial charge >= 0.3 is 5.97 Å². The van der Waals surface area contributed by atoms with Crippen LogP contribution in [0.4, 0.5) is 0 Å². The molecule has 3 heteroatoms. The SMILES string of the molecule is COC(=O)CCc1ccc(OC(C)C(C)(C)C)cc1. The number of benzene rings is 1. The summed E-state index contributed by atoms with van der Waals surface area (Å²) in [5, 5.41) is 0. The Balaban J connectivity index is 2.54. The number of carbonyl (C=O) groups is 1. The molecule has 1 unspecified atom stereocenters. The van der Waals surface area contributed by atoms with Gasteiger partial charge in [0.2, 0.25) is 0 Å². The van der Waals surface area contributed by atoms with Gasteiger partial charge in [0.1, 0.15) is 11.9 Å². The average molecular weight is 264 g/mol. The smallest absolute Gasteiger partial charge is 0.305 e. The van der Waals surface area contributed by atoms with Gasteiger partial charge in [0.05, 0.1) is 7.11 Å². The van der Waals surface area contributed by atoms with Crippen LogP contribution in [-0.4, -0.2) is 19.2 Å². The molecule has 0 aliphatic heterocycles. The molecule has 0 saturated carbocycles. The number of aryl methyl sites for hydroxylation is 1. The molecular weight excluding hydrogens is 240 g/mol. The number of rotatable bonds is 5. The van der Waals surface area contributed by atoms with E-state index in [-0.39, 0.29) is 17.5 Å². The predicted octanol–water partition coefficient (Wildman–Crippen LogP) is 3.61. The van der Waals surface area contributed by atoms with E-state index in [4.69, 9.17) is 4.74 Å². The number of carbonyl (C=O) groups excluding carboxylic acids is 1. The van der Waals surface area contributed by atoms with Gasteiger partial charge in [-0.1, -0.05) is 32.9 Å². The highest BCUT2D eigenvalue weighted by Gasteiger charge is 2.21. The molecule has 0 aliphatic rings. The standard InChI is InChI=1S/C16H24O3/c1-12(16(2,3)4)19-14-9-6-13(7-10-14)8-11-15(17)18-5/h6-7,9-10,12H,8,11H2,1-5H3.